The van der Waals surface area contributed by atoms with E-state index in [1.54, 1.807) is 25.1 Å². The van der Waals surface area contributed by atoms with Crippen molar-refractivity contribution in [2.45, 2.75) is 13.3 Å². The third-order valence-corrected chi connectivity index (χ3v) is 3.22. The number of nitro groups is 1. The maximum absolute atomic E-state index is 11.4. The average molecular weight is 336 g/mol. The Balaban J connectivity index is 2.08. The molecule has 0 aliphatic carbocycles. The van der Waals surface area contributed by atoms with Crippen molar-refractivity contribution in [1.82, 2.24) is 0 Å². The molecule has 0 saturated carbocycles. The first kappa shape index (κ1) is 16.8. The first-order chi connectivity index (χ1) is 11.0. The molecule has 2 aromatic carbocycles. The molecule has 6 nitrogen and oxygen atoms in total. The van der Waals surface area contributed by atoms with Crippen molar-refractivity contribution in [3.05, 3.63) is 63.2 Å². The van der Waals surface area contributed by atoms with E-state index in [0.29, 0.717) is 28.7 Å². The van der Waals surface area contributed by atoms with Crippen LogP contribution >= 0.6 is 11.6 Å². The van der Waals surface area contributed by atoms with Gasteiger partial charge in [-0.25, -0.2) is 0 Å². The SMILES string of the molecule is CCOC(=O)Cc1ccc(Oc2ccc([N+](=O)[O-])cc2)c(Cl)c1. The number of esters is 1. The number of halogens is 1. The summed E-state index contributed by atoms with van der Waals surface area (Å²) in [4.78, 5) is 21.6. The van der Waals surface area contributed by atoms with E-state index in [1.807, 2.05) is 0 Å². The molecule has 23 heavy (non-hydrogen) atoms. The van der Waals surface area contributed by atoms with Crippen LogP contribution in [0.3, 0.4) is 0 Å². The Bertz CT molecular complexity index is 715. The first-order valence-electron chi connectivity index (χ1n) is 6.86. The van der Waals surface area contributed by atoms with Gasteiger partial charge >= 0.3 is 5.97 Å². The van der Waals surface area contributed by atoms with E-state index in [9.17, 15) is 14.9 Å². The van der Waals surface area contributed by atoms with Crippen LogP contribution in [-0.2, 0) is 16.0 Å². The summed E-state index contributed by atoms with van der Waals surface area (Å²) in [5.41, 5.74) is 0.692. The molecule has 0 unspecified atom stereocenters. The van der Waals surface area contributed by atoms with E-state index in [0.717, 1.165) is 0 Å². The highest BCUT2D eigenvalue weighted by Crippen LogP contribution is 2.31. The zero-order chi connectivity index (χ0) is 16.8. The summed E-state index contributed by atoms with van der Waals surface area (Å²) < 4.78 is 10.5. The molecule has 0 amide bonds. The summed E-state index contributed by atoms with van der Waals surface area (Å²) >= 11 is 6.14. The van der Waals surface area contributed by atoms with Gasteiger partial charge in [-0.3, -0.25) is 14.9 Å². The van der Waals surface area contributed by atoms with Crippen molar-refractivity contribution in [1.29, 1.82) is 0 Å². The zero-order valence-electron chi connectivity index (χ0n) is 12.3. The highest BCUT2D eigenvalue weighted by Gasteiger charge is 2.10. The maximum atomic E-state index is 11.4. The zero-order valence-corrected chi connectivity index (χ0v) is 13.1. The molecule has 0 aromatic heterocycles. The Hall–Kier alpha value is -2.60. The average Bonchev–Trinajstić information content (AvgIpc) is 2.51. The van der Waals surface area contributed by atoms with E-state index in [2.05, 4.69) is 0 Å². The number of rotatable bonds is 6. The van der Waals surface area contributed by atoms with Crippen molar-refractivity contribution >= 4 is 23.3 Å². The van der Waals surface area contributed by atoms with Crippen LogP contribution in [0.1, 0.15) is 12.5 Å². The standard InChI is InChI=1S/C16H14ClNO5/c1-2-22-16(19)10-11-3-8-15(14(17)9-11)23-13-6-4-12(5-7-13)18(20)21/h3-9H,2,10H2,1H3. The van der Waals surface area contributed by atoms with Crippen LogP contribution in [0.5, 0.6) is 11.5 Å². The molecule has 0 radical (unpaired) electrons. The van der Waals surface area contributed by atoms with Crippen LogP contribution in [0.15, 0.2) is 42.5 Å². The summed E-state index contributed by atoms with van der Waals surface area (Å²) in [6.45, 7) is 2.07. The number of nitro benzene ring substituents is 1. The first-order valence-corrected chi connectivity index (χ1v) is 7.23. The molecule has 0 bridgehead atoms. The third-order valence-electron chi connectivity index (χ3n) is 2.93. The number of carbonyl (C=O) groups excluding carboxylic acids is 1. The normalized spacial score (nSPS) is 10.2. The van der Waals surface area contributed by atoms with Gasteiger partial charge in [0.2, 0.25) is 0 Å². The molecule has 0 aliphatic rings. The quantitative estimate of drug-likeness (QED) is 0.450. The Morgan fingerprint density at radius 3 is 2.48 bits per heavy atom. The highest BCUT2D eigenvalue weighted by molar-refractivity contribution is 6.32. The molecule has 2 aromatic rings. The van der Waals surface area contributed by atoms with Crippen molar-refractivity contribution in [3.8, 4) is 11.5 Å². The second kappa shape index (κ2) is 7.60. The minimum Gasteiger partial charge on any atom is -0.466 e. The van der Waals surface area contributed by atoms with Gasteiger partial charge in [0.25, 0.3) is 5.69 Å². The number of nitrogens with zero attached hydrogens (tertiary/aromatic N) is 1. The van der Waals surface area contributed by atoms with Gasteiger partial charge in [-0.05, 0) is 36.8 Å². The lowest BCUT2D eigenvalue weighted by molar-refractivity contribution is -0.384. The summed E-state index contributed by atoms with van der Waals surface area (Å²) in [6.07, 6.45) is 0.130. The summed E-state index contributed by atoms with van der Waals surface area (Å²) in [6, 6.07) is 10.6. The molecule has 0 atom stereocenters. The largest absolute Gasteiger partial charge is 0.466 e. The number of carbonyl (C=O) groups is 1. The van der Waals surface area contributed by atoms with Gasteiger partial charge in [-0.1, -0.05) is 17.7 Å². The molecule has 2 rings (SSSR count). The Labute approximate surface area is 137 Å². The van der Waals surface area contributed by atoms with E-state index in [-0.39, 0.29) is 18.1 Å². The van der Waals surface area contributed by atoms with Crippen molar-refractivity contribution < 1.29 is 19.2 Å². The molecule has 0 aliphatic heterocycles. The Kier molecular flexibility index (Phi) is 5.54. The van der Waals surface area contributed by atoms with Gasteiger partial charge in [0.15, 0.2) is 0 Å². The molecule has 0 heterocycles. The molecule has 120 valence electrons. The number of non-ortho nitro benzene ring substituents is 1. The fourth-order valence-electron chi connectivity index (χ4n) is 1.88. The van der Waals surface area contributed by atoms with Gasteiger partial charge in [0.05, 0.1) is 23.0 Å². The lowest BCUT2D eigenvalue weighted by Gasteiger charge is -2.09. The minimum atomic E-state index is -0.485. The molecule has 0 fully saturated rings. The minimum absolute atomic E-state index is 0.0202. The van der Waals surface area contributed by atoms with Gasteiger partial charge in [0.1, 0.15) is 11.5 Å². The molecular weight excluding hydrogens is 322 g/mol. The summed E-state index contributed by atoms with van der Waals surface area (Å²) in [5.74, 6) is 0.497. The van der Waals surface area contributed by atoms with Crippen LogP contribution in [-0.4, -0.2) is 17.5 Å². The lowest BCUT2D eigenvalue weighted by Crippen LogP contribution is -2.07. The molecule has 7 heteroatoms. The third kappa shape index (κ3) is 4.69. The van der Waals surface area contributed by atoms with Gasteiger partial charge in [-0.2, -0.15) is 0 Å². The van der Waals surface area contributed by atoms with Crippen molar-refractivity contribution in [2.24, 2.45) is 0 Å². The molecule has 0 saturated heterocycles. The van der Waals surface area contributed by atoms with Gasteiger partial charge in [-0.15, -0.1) is 0 Å². The van der Waals surface area contributed by atoms with Crippen LogP contribution in [0.25, 0.3) is 0 Å². The van der Waals surface area contributed by atoms with E-state index < -0.39 is 4.92 Å². The van der Waals surface area contributed by atoms with Gasteiger partial charge in [0, 0.05) is 12.1 Å². The van der Waals surface area contributed by atoms with E-state index in [1.165, 1.54) is 24.3 Å². The monoisotopic (exact) mass is 335 g/mol. The predicted octanol–water partition coefficient (Wildman–Crippen LogP) is 4.15. The van der Waals surface area contributed by atoms with Crippen LogP contribution in [0.2, 0.25) is 5.02 Å². The van der Waals surface area contributed by atoms with Crippen LogP contribution in [0.4, 0.5) is 5.69 Å². The number of hydrogen-bond acceptors (Lipinski definition) is 5. The topological polar surface area (TPSA) is 78.7 Å². The lowest BCUT2D eigenvalue weighted by atomic mass is 10.1. The van der Waals surface area contributed by atoms with Crippen LogP contribution < -0.4 is 4.74 Å². The number of benzene rings is 2. The summed E-state index contributed by atoms with van der Waals surface area (Å²) in [5, 5.41) is 10.9. The van der Waals surface area contributed by atoms with Crippen molar-refractivity contribution in [2.75, 3.05) is 6.61 Å². The molecule has 0 N–H and O–H groups in total. The second-order valence-electron chi connectivity index (χ2n) is 4.60. The smallest absolute Gasteiger partial charge is 0.310 e. The number of hydrogen-bond donors (Lipinski definition) is 0. The summed E-state index contributed by atoms with van der Waals surface area (Å²) in [7, 11) is 0. The Morgan fingerprint density at radius 2 is 1.91 bits per heavy atom. The predicted molar refractivity (Wildman–Crippen MR) is 85.0 cm³/mol. The Morgan fingerprint density at radius 1 is 1.22 bits per heavy atom. The maximum Gasteiger partial charge on any atom is 0.310 e. The highest BCUT2D eigenvalue weighted by atomic mass is 35.5. The van der Waals surface area contributed by atoms with Crippen LogP contribution in [0, 0.1) is 10.1 Å². The fourth-order valence-corrected chi connectivity index (χ4v) is 2.12. The molecular formula is C16H14ClNO5. The van der Waals surface area contributed by atoms with E-state index in [4.69, 9.17) is 21.1 Å². The second-order valence-corrected chi connectivity index (χ2v) is 5.01. The molecule has 0 spiro atoms. The van der Waals surface area contributed by atoms with Gasteiger partial charge < -0.3 is 9.47 Å². The van der Waals surface area contributed by atoms with Crippen molar-refractivity contribution in [3.63, 3.8) is 0 Å². The van der Waals surface area contributed by atoms with E-state index >= 15 is 0 Å². The fraction of sp³-hybridized carbons (Fsp3) is 0.188. The number of ether oxygens (including phenoxy) is 2.